The summed E-state index contributed by atoms with van der Waals surface area (Å²) in [6.45, 7) is 3.49. The quantitative estimate of drug-likeness (QED) is 0.838. The Balaban J connectivity index is 2.46. The molecule has 2 aromatic rings. The van der Waals surface area contributed by atoms with Crippen molar-refractivity contribution in [3.63, 3.8) is 0 Å². The lowest BCUT2D eigenvalue weighted by molar-refractivity contribution is -0.140. The number of nitrogens with two attached hydrogens (primary N) is 1. The summed E-state index contributed by atoms with van der Waals surface area (Å²) in [6.07, 6.45) is -4.71. The number of thiazole rings is 1. The molecule has 0 amide bonds. The van der Waals surface area contributed by atoms with Crippen molar-refractivity contribution in [1.29, 1.82) is 0 Å². The number of aryl methyl sites for hydroxylation is 1. The van der Waals surface area contributed by atoms with Gasteiger partial charge in [-0.15, -0.1) is 11.3 Å². The highest BCUT2D eigenvalue weighted by Gasteiger charge is 2.34. The van der Waals surface area contributed by atoms with Crippen LogP contribution in [0.3, 0.4) is 0 Å². The Kier molecular flexibility index (Phi) is 3.73. The third kappa shape index (κ3) is 2.77. The van der Waals surface area contributed by atoms with E-state index < -0.39 is 17.6 Å². The fourth-order valence-electron chi connectivity index (χ4n) is 2.01. The van der Waals surface area contributed by atoms with Crippen molar-refractivity contribution in [3.05, 3.63) is 45.7 Å². The molecule has 1 heterocycles. The zero-order valence-corrected chi connectivity index (χ0v) is 11.6. The number of hydrogen-bond donors (Lipinski definition) is 1. The normalized spacial score (nSPS) is 13.5. The minimum absolute atomic E-state index is 0.327. The molecule has 1 aromatic heterocycles. The van der Waals surface area contributed by atoms with Crippen molar-refractivity contribution in [2.45, 2.75) is 25.9 Å². The molecule has 0 spiro atoms. The second-order valence-electron chi connectivity index (χ2n) is 4.46. The van der Waals surface area contributed by atoms with Crippen molar-refractivity contribution in [2.24, 2.45) is 0 Å². The number of nitrogen functional groups attached to an aromatic ring is 1. The fraction of sp³-hybridized carbons (Fsp3) is 0.308. The van der Waals surface area contributed by atoms with E-state index in [0.717, 1.165) is 17.0 Å². The number of alkyl halides is 3. The Morgan fingerprint density at radius 2 is 1.95 bits per heavy atom. The van der Waals surface area contributed by atoms with Crippen LogP contribution >= 0.6 is 11.3 Å². The van der Waals surface area contributed by atoms with Crippen LogP contribution < -0.4 is 5.73 Å². The predicted octanol–water partition coefficient (Wildman–Crippen LogP) is 4.34. The first-order valence-electron chi connectivity index (χ1n) is 5.79. The lowest BCUT2D eigenvalue weighted by atomic mass is 9.96. The van der Waals surface area contributed by atoms with Gasteiger partial charge in [0.15, 0.2) is 5.13 Å². The molecule has 20 heavy (non-hydrogen) atoms. The molecule has 0 saturated carbocycles. The number of rotatable bonds is 2. The molecule has 0 fully saturated rings. The van der Waals surface area contributed by atoms with Crippen LogP contribution in [0.5, 0.6) is 0 Å². The zero-order valence-electron chi connectivity index (χ0n) is 10.8. The van der Waals surface area contributed by atoms with Gasteiger partial charge in [-0.05, 0) is 24.6 Å². The molecular weight excluding hydrogens is 292 g/mol. The number of aromatic nitrogens is 1. The Labute approximate surface area is 117 Å². The number of halogens is 4. The molecule has 1 aromatic carbocycles. The molecule has 0 aliphatic heterocycles. The molecule has 0 bridgehead atoms. The molecule has 0 radical (unpaired) electrons. The number of benzene rings is 1. The Hall–Kier alpha value is -1.63. The fourth-order valence-corrected chi connectivity index (χ4v) is 2.93. The van der Waals surface area contributed by atoms with Crippen LogP contribution in [0.2, 0.25) is 0 Å². The second-order valence-corrected chi connectivity index (χ2v) is 5.52. The van der Waals surface area contributed by atoms with E-state index in [-0.39, 0.29) is 5.92 Å². The van der Waals surface area contributed by atoms with Crippen molar-refractivity contribution in [1.82, 2.24) is 4.98 Å². The van der Waals surface area contributed by atoms with Gasteiger partial charge >= 0.3 is 6.18 Å². The van der Waals surface area contributed by atoms with E-state index in [0.29, 0.717) is 16.4 Å². The largest absolute Gasteiger partial charge is 0.419 e. The van der Waals surface area contributed by atoms with Gasteiger partial charge in [-0.25, -0.2) is 9.37 Å². The molecule has 0 aliphatic rings. The van der Waals surface area contributed by atoms with Crippen molar-refractivity contribution in [2.75, 3.05) is 5.73 Å². The molecule has 108 valence electrons. The number of anilines is 1. The van der Waals surface area contributed by atoms with Gasteiger partial charge in [-0.2, -0.15) is 13.2 Å². The van der Waals surface area contributed by atoms with Crippen LogP contribution in [0, 0.1) is 12.7 Å². The van der Waals surface area contributed by atoms with Crippen LogP contribution in [0.25, 0.3) is 0 Å². The summed E-state index contributed by atoms with van der Waals surface area (Å²) in [7, 11) is 0. The zero-order chi connectivity index (χ0) is 15.1. The first-order valence-corrected chi connectivity index (χ1v) is 6.61. The molecule has 2 N–H and O–H groups in total. The van der Waals surface area contributed by atoms with Crippen LogP contribution in [0.4, 0.5) is 22.7 Å². The van der Waals surface area contributed by atoms with Gasteiger partial charge < -0.3 is 5.73 Å². The maximum atomic E-state index is 13.3. The SMILES string of the molecule is Cc1nc(N)sc1C(C)c1ccc(F)c(C(F)(F)F)c1. The molecule has 0 aliphatic carbocycles. The van der Waals surface area contributed by atoms with E-state index >= 15 is 0 Å². The van der Waals surface area contributed by atoms with Crippen LogP contribution in [-0.4, -0.2) is 4.98 Å². The van der Waals surface area contributed by atoms with E-state index in [4.69, 9.17) is 5.73 Å². The third-order valence-corrected chi connectivity index (χ3v) is 4.21. The summed E-state index contributed by atoms with van der Waals surface area (Å²) in [6, 6.07) is 3.04. The highest BCUT2D eigenvalue weighted by molar-refractivity contribution is 7.15. The summed E-state index contributed by atoms with van der Waals surface area (Å²) in [5, 5.41) is 0.363. The third-order valence-electron chi connectivity index (χ3n) is 3.04. The molecule has 2 rings (SSSR count). The Morgan fingerprint density at radius 1 is 1.30 bits per heavy atom. The highest BCUT2D eigenvalue weighted by Crippen LogP contribution is 2.37. The average molecular weight is 304 g/mol. The Morgan fingerprint density at radius 3 is 2.45 bits per heavy atom. The molecule has 1 atom stereocenters. The van der Waals surface area contributed by atoms with E-state index in [1.165, 1.54) is 17.4 Å². The van der Waals surface area contributed by atoms with E-state index in [9.17, 15) is 17.6 Å². The minimum Gasteiger partial charge on any atom is -0.375 e. The standard InChI is InChI=1S/C13H12F4N2S/c1-6(11-7(2)19-12(18)20-11)8-3-4-10(14)9(5-8)13(15,16)17/h3-6H,1-2H3,(H2,18,19). The van der Waals surface area contributed by atoms with Gasteiger partial charge in [0.2, 0.25) is 0 Å². The van der Waals surface area contributed by atoms with Gasteiger partial charge in [0.25, 0.3) is 0 Å². The van der Waals surface area contributed by atoms with Gasteiger partial charge in [-0.3, -0.25) is 0 Å². The predicted molar refractivity (Wildman–Crippen MR) is 70.2 cm³/mol. The van der Waals surface area contributed by atoms with Gasteiger partial charge in [0, 0.05) is 10.8 Å². The van der Waals surface area contributed by atoms with Gasteiger partial charge in [0.1, 0.15) is 5.82 Å². The van der Waals surface area contributed by atoms with Crippen LogP contribution in [0.1, 0.15) is 34.5 Å². The maximum Gasteiger partial charge on any atom is 0.419 e. The van der Waals surface area contributed by atoms with Crippen molar-refractivity contribution < 1.29 is 17.6 Å². The lowest BCUT2D eigenvalue weighted by Crippen LogP contribution is -2.09. The average Bonchev–Trinajstić information content (AvgIpc) is 2.66. The van der Waals surface area contributed by atoms with E-state index in [1.807, 2.05) is 0 Å². The smallest absolute Gasteiger partial charge is 0.375 e. The molecular formula is C13H12F4N2S. The summed E-state index contributed by atoms with van der Waals surface area (Å²) >= 11 is 1.23. The minimum atomic E-state index is -4.71. The van der Waals surface area contributed by atoms with E-state index in [2.05, 4.69) is 4.98 Å². The second kappa shape index (κ2) is 5.05. The van der Waals surface area contributed by atoms with Crippen LogP contribution in [0.15, 0.2) is 18.2 Å². The number of hydrogen-bond acceptors (Lipinski definition) is 3. The summed E-state index contributed by atoms with van der Waals surface area (Å²) < 4.78 is 51.4. The molecule has 0 saturated heterocycles. The molecule has 7 heteroatoms. The van der Waals surface area contributed by atoms with Crippen molar-refractivity contribution in [3.8, 4) is 0 Å². The molecule has 2 nitrogen and oxygen atoms in total. The molecule has 1 unspecified atom stereocenters. The van der Waals surface area contributed by atoms with Gasteiger partial charge in [0.05, 0.1) is 11.3 Å². The number of nitrogens with zero attached hydrogens (tertiary/aromatic N) is 1. The lowest BCUT2D eigenvalue weighted by Gasteiger charge is -2.14. The highest BCUT2D eigenvalue weighted by atomic mass is 32.1. The van der Waals surface area contributed by atoms with Gasteiger partial charge in [-0.1, -0.05) is 13.0 Å². The van der Waals surface area contributed by atoms with Crippen molar-refractivity contribution >= 4 is 16.5 Å². The van der Waals surface area contributed by atoms with Crippen LogP contribution in [-0.2, 0) is 6.18 Å². The topological polar surface area (TPSA) is 38.9 Å². The first-order chi connectivity index (χ1) is 9.20. The maximum absolute atomic E-state index is 13.3. The summed E-state index contributed by atoms with van der Waals surface area (Å²) in [5.74, 6) is -1.60. The summed E-state index contributed by atoms with van der Waals surface area (Å²) in [4.78, 5) is 4.83. The monoisotopic (exact) mass is 304 g/mol. The van der Waals surface area contributed by atoms with E-state index in [1.54, 1.807) is 13.8 Å². The summed E-state index contributed by atoms with van der Waals surface area (Å²) in [5.41, 5.74) is 5.39. The first kappa shape index (κ1) is 14.8. The Bertz CT molecular complexity index is 634.